The highest BCUT2D eigenvalue weighted by Crippen LogP contribution is 2.31. The molecule has 2 aliphatic rings. The van der Waals surface area contributed by atoms with Gasteiger partial charge in [-0.2, -0.15) is 0 Å². The van der Waals surface area contributed by atoms with Crippen molar-refractivity contribution in [2.24, 2.45) is 0 Å². The van der Waals surface area contributed by atoms with E-state index in [1.807, 2.05) is 6.07 Å². The summed E-state index contributed by atoms with van der Waals surface area (Å²) in [6, 6.07) is 5.24. The Bertz CT molecular complexity index is 1150. The van der Waals surface area contributed by atoms with Crippen molar-refractivity contribution in [1.82, 2.24) is 20.2 Å². The number of benzene rings is 1. The molecular formula is C24H26F2N4O3. The summed E-state index contributed by atoms with van der Waals surface area (Å²) in [7, 11) is 1.47. The Morgan fingerprint density at radius 3 is 2.70 bits per heavy atom. The fourth-order valence-electron chi connectivity index (χ4n) is 4.45. The largest absolute Gasteiger partial charge is 0.497 e. The van der Waals surface area contributed by atoms with Gasteiger partial charge in [0.2, 0.25) is 6.79 Å². The normalized spacial score (nSPS) is 16.5. The summed E-state index contributed by atoms with van der Waals surface area (Å²) in [5.41, 5.74) is 1.57. The average Bonchev–Trinajstić information content (AvgIpc) is 3.30. The number of nitrogens with zero attached hydrogens (tertiary/aromatic N) is 3. The van der Waals surface area contributed by atoms with Crippen LogP contribution in [0.4, 0.5) is 8.78 Å². The highest BCUT2D eigenvalue weighted by molar-refractivity contribution is 5.84. The van der Waals surface area contributed by atoms with Gasteiger partial charge in [-0.25, -0.2) is 8.78 Å². The lowest BCUT2D eigenvalue weighted by Gasteiger charge is -2.32. The molecule has 0 amide bonds. The molecule has 3 aromatic rings. The van der Waals surface area contributed by atoms with Gasteiger partial charge in [-0.05, 0) is 38.4 Å². The highest BCUT2D eigenvalue weighted by atomic mass is 19.1. The van der Waals surface area contributed by atoms with Crippen LogP contribution in [0, 0.1) is 11.6 Å². The van der Waals surface area contributed by atoms with E-state index < -0.39 is 11.6 Å². The predicted molar refractivity (Wildman–Crippen MR) is 119 cm³/mol. The van der Waals surface area contributed by atoms with Crippen LogP contribution >= 0.6 is 0 Å². The van der Waals surface area contributed by atoms with Gasteiger partial charge in [-0.1, -0.05) is 0 Å². The fourth-order valence-corrected chi connectivity index (χ4v) is 4.45. The number of halogens is 2. The maximum Gasteiger partial charge on any atom is 0.231 e. The summed E-state index contributed by atoms with van der Waals surface area (Å²) in [5.74, 6) is 0.867. The third-order valence-electron chi connectivity index (χ3n) is 6.35. The van der Waals surface area contributed by atoms with Crippen LogP contribution < -0.4 is 19.5 Å². The van der Waals surface area contributed by atoms with Gasteiger partial charge >= 0.3 is 0 Å². The summed E-state index contributed by atoms with van der Waals surface area (Å²) in [4.78, 5) is 10.7. The lowest BCUT2D eigenvalue weighted by molar-refractivity contribution is 0.173. The van der Waals surface area contributed by atoms with E-state index in [9.17, 15) is 8.78 Å². The van der Waals surface area contributed by atoms with Crippen molar-refractivity contribution in [3.05, 3.63) is 53.5 Å². The SMILES string of the molecule is COc1cc(F)c2ncc(F)c(CCN3CCC(NCc4cc5c(cn4)OCO5)CC3)c2c1. The number of aromatic nitrogens is 2. The first-order chi connectivity index (χ1) is 16.1. The zero-order chi connectivity index (χ0) is 22.8. The minimum absolute atomic E-state index is 0.173. The Morgan fingerprint density at radius 1 is 1.06 bits per heavy atom. The van der Waals surface area contributed by atoms with Gasteiger partial charge in [0.15, 0.2) is 17.3 Å². The third kappa shape index (κ3) is 4.69. The Labute approximate surface area is 190 Å². The molecule has 4 heterocycles. The third-order valence-corrected chi connectivity index (χ3v) is 6.35. The number of ether oxygens (including phenoxy) is 3. The van der Waals surface area contributed by atoms with Gasteiger partial charge in [-0.15, -0.1) is 0 Å². The lowest BCUT2D eigenvalue weighted by atomic mass is 10.0. The molecule has 0 bridgehead atoms. The van der Waals surface area contributed by atoms with Gasteiger partial charge in [0, 0.05) is 42.2 Å². The van der Waals surface area contributed by atoms with E-state index in [1.165, 1.54) is 13.2 Å². The number of likely N-dealkylation sites (tertiary alicyclic amines) is 1. The molecule has 1 aromatic carbocycles. The summed E-state index contributed by atoms with van der Waals surface area (Å²) in [5, 5.41) is 4.04. The molecule has 33 heavy (non-hydrogen) atoms. The van der Waals surface area contributed by atoms with Crippen molar-refractivity contribution in [2.75, 3.05) is 33.5 Å². The molecule has 174 valence electrons. The van der Waals surface area contributed by atoms with Crippen LogP contribution in [0.25, 0.3) is 10.9 Å². The number of methoxy groups -OCH3 is 1. The van der Waals surface area contributed by atoms with Crippen molar-refractivity contribution >= 4 is 10.9 Å². The summed E-state index contributed by atoms with van der Waals surface area (Å²) >= 11 is 0. The molecule has 9 heteroatoms. The Hall–Kier alpha value is -3.04. The van der Waals surface area contributed by atoms with Crippen molar-refractivity contribution in [3.63, 3.8) is 0 Å². The monoisotopic (exact) mass is 456 g/mol. The number of piperidine rings is 1. The van der Waals surface area contributed by atoms with Crippen LogP contribution in [0.1, 0.15) is 24.1 Å². The van der Waals surface area contributed by atoms with Crippen molar-refractivity contribution in [1.29, 1.82) is 0 Å². The van der Waals surface area contributed by atoms with Crippen molar-refractivity contribution in [2.45, 2.75) is 31.8 Å². The van der Waals surface area contributed by atoms with Crippen molar-refractivity contribution < 1.29 is 23.0 Å². The van der Waals surface area contributed by atoms with E-state index in [1.54, 1.807) is 12.3 Å². The van der Waals surface area contributed by atoms with E-state index >= 15 is 0 Å². The number of nitrogens with one attached hydrogen (secondary N) is 1. The molecular weight excluding hydrogens is 430 g/mol. The first kappa shape index (κ1) is 21.8. The summed E-state index contributed by atoms with van der Waals surface area (Å²) in [6.45, 7) is 3.44. The smallest absolute Gasteiger partial charge is 0.231 e. The first-order valence-corrected chi connectivity index (χ1v) is 11.1. The molecule has 0 spiro atoms. The molecule has 1 saturated heterocycles. The minimum Gasteiger partial charge on any atom is -0.497 e. The van der Waals surface area contributed by atoms with Crippen LogP contribution in [0.3, 0.4) is 0 Å². The van der Waals surface area contributed by atoms with Crippen LogP contribution in [-0.2, 0) is 13.0 Å². The second-order valence-corrected chi connectivity index (χ2v) is 8.37. The molecule has 0 atom stereocenters. The minimum atomic E-state index is -0.505. The van der Waals surface area contributed by atoms with Crippen LogP contribution in [0.2, 0.25) is 0 Å². The van der Waals surface area contributed by atoms with Crippen LogP contribution in [0.5, 0.6) is 17.2 Å². The molecule has 7 nitrogen and oxygen atoms in total. The number of fused-ring (bicyclic) bond motifs is 2. The quantitative estimate of drug-likeness (QED) is 0.584. The van der Waals surface area contributed by atoms with Gasteiger partial charge in [-0.3, -0.25) is 9.97 Å². The lowest BCUT2D eigenvalue weighted by Crippen LogP contribution is -2.43. The van der Waals surface area contributed by atoms with E-state index in [0.717, 1.165) is 43.6 Å². The summed E-state index contributed by atoms with van der Waals surface area (Å²) in [6.07, 6.45) is 5.27. The molecule has 0 unspecified atom stereocenters. The average molecular weight is 456 g/mol. The standard InChI is InChI=1S/C24H26F2N4O3/c1-31-17-9-19-18(21(26)12-29-24(19)20(25)10-17)4-7-30-5-2-15(3-6-30)27-11-16-8-22-23(13-28-16)33-14-32-22/h8-10,12-13,15,27H,2-7,11,14H2,1H3. The Balaban J connectivity index is 1.15. The predicted octanol–water partition coefficient (Wildman–Crippen LogP) is 3.44. The van der Waals surface area contributed by atoms with Gasteiger partial charge in [0.25, 0.3) is 0 Å². The molecule has 2 aromatic heterocycles. The number of hydrogen-bond acceptors (Lipinski definition) is 7. The summed E-state index contributed by atoms with van der Waals surface area (Å²) < 4.78 is 44.8. The number of rotatable bonds is 7. The van der Waals surface area contributed by atoms with E-state index in [4.69, 9.17) is 14.2 Å². The molecule has 1 fully saturated rings. The topological polar surface area (TPSA) is 68.7 Å². The molecule has 0 aliphatic carbocycles. The van der Waals surface area contributed by atoms with E-state index in [0.29, 0.717) is 48.0 Å². The number of pyridine rings is 2. The Kier molecular flexibility index (Phi) is 6.24. The highest BCUT2D eigenvalue weighted by Gasteiger charge is 2.21. The molecule has 1 N–H and O–H groups in total. The second kappa shape index (κ2) is 9.44. The van der Waals surface area contributed by atoms with Gasteiger partial charge < -0.3 is 24.4 Å². The van der Waals surface area contributed by atoms with Gasteiger partial charge in [0.1, 0.15) is 17.1 Å². The molecule has 0 radical (unpaired) electrons. The van der Waals surface area contributed by atoms with Crippen LogP contribution in [-0.4, -0.2) is 54.4 Å². The molecule has 5 rings (SSSR count). The zero-order valence-electron chi connectivity index (χ0n) is 18.4. The molecule has 2 aliphatic heterocycles. The second-order valence-electron chi connectivity index (χ2n) is 8.37. The fraction of sp³-hybridized carbons (Fsp3) is 0.417. The zero-order valence-corrected chi connectivity index (χ0v) is 18.4. The van der Waals surface area contributed by atoms with E-state index in [-0.39, 0.29) is 12.3 Å². The maximum absolute atomic E-state index is 14.6. The first-order valence-electron chi connectivity index (χ1n) is 11.1. The molecule has 0 saturated carbocycles. The number of hydrogen-bond donors (Lipinski definition) is 1. The van der Waals surface area contributed by atoms with Crippen molar-refractivity contribution in [3.8, 4) is 17.2 Å². The van der Waals surface area contributed by atoms with E-state index in [2.05, 4.69) is 20.2 Å². The van der Waals surface area contributed by atoms with Gasteiger partial charge in [0.05, 0.1) is 25.2 Å². The maximum atomic E-state index is 14.6. The van der Waals surface area contributed by atoms with Crippen LogP contribution in [0.15, 0.2) is 30.6 Å². The Morgan fingerprint density at radius 2 is 1.88 bits per heavy atom.